The van der Waals surface area contributed by atoms with Gasteiger partial charge in [-0.1, -0.05) is 0 Å². The molecule has 110 valence electrons. The maximum absolute atomic E-state index is 11.4. The second kappa shape index (κ2) is 7.22. The van der Waals surface area contributed by atoms with E-state index < -0.39 is 0 Å². The summed E-state index contributed by atoms with van der Waals surface area (Å²) in [6.07, 6.45) is 4.21. The van der Waals surface area contributed by atoms with Gasteiger partial charge < -0.3 is 20.1 Å². The number of esters is 1. The van der Waals surface area contributed by atoms with Gasteiger partial charge in [0.25, 0.3) is 0 Å². The normalized spacial score (nSPS) is 28.3. The molecule has 0 radical (unpaired) electrons. The minimum Gasteiger partial charge on any atom is -0.469 e. The van der Waals surface area contributed by atoms with Gasteiger partial charge in [-0.3, -0.25) is 4.79 Å². The summed E-state index contributed by atoms with van der Waals surface area (Å²) in [5.74, 6) is 1.13. The molecule has 2 aliphatic rings. The standard InChI is InChI=1S/C14H26N2O3/c1-19-14(18)7-12-6-13(15-4-5-17)10-16(9-12)8-11-2-3-11/h11-13,15,17H,2-10H2,1H3. The van der Waals surface area contributed by atoms with Gasteiger partial charge in [-0.05, 0) is 31.1 Å². The van der Waals surface area contributed by atoms with Crippen molar-refractivity contribution in [3.05, 3.63) is 0 Å². The molecule has 1 saturated heterocycles. The molecule has 5 heteroatoms. The van der Waals surface area contributed by atoms with Crippen molar-refractivity contribution in [1.29, 1.82) is 0 Å². The summed E-state index contributed by atoms with van der Waals surface area (Å²) in [6, 6.07) is 0.384. The third-order valence-corrected chi connectivity index (χ3v) is 4.05. The average Bonchev–Trinajstić information content (AvgIpc) is 3.20. The molecular formula is C14H26N2O3. The van der Waals surface area contributed by atoms with Gasteiger partial charge in [-0.25, -0.2) is 0 Å². The highest BCUT2D eigenvalue weighted by Crippen LogP contribution is 2.31. The second-order valence-electron chi connectivity index (χ2n) is 5.92. The monoisotopic (exact) mass is 270 g/mol. The van der Waals surface area contributed by atoms with E-state index in [2.05, 4.69) is 10.2 Å². The molecule has 19 heavy (non-hydrogen) atoms. The zero-order valence-electron chi connectivity index (χ0n) is 11.8. The van der Waals surface area contributed by atoms with Gasteiger partial charge in [0, 0.05) is 38.6 Å². The number of rotatable bonds is 7. The fourth-order valence-corrected chi connectivity index (χ4v) is 3.00. The molecule has 0 aromatic carbocycles. The summed E-state index contributed by atoms with van der Waals surface area (Å²) in [4.78, 5) is 13.9. The van der Waals surface area contributed by atoms with Crippen molar-refractivity contribution in [1.82, 2.24) is 10.2 Å². The van der Waals surface area contributed by atoms with Crippen molar-refractivity contribution < 1.29 is 14.6 Å². The number of likely N-dealkylation sites (tertiary alicyclic amines) is 1. The van der Waals surface area contributed by atoms with Crippen LogP contribution in [0.3, 0.4) is 0 Å². The van der Waals surface area contributed by atoms with Crippen LogP contribution in [0.1, 0.15) is 25.7 Å². The van der Waals surface area contributed by atoms with Crippen molar-refractivity contribution in [2.75, 3.05) is 39.9 Å². The molecule has 0 bridgehead atoms. The summed E-state index contributed by atoms with van der Waals surface area (Å²) < 4.78 is 4.78. The van der Waals surface area contributed by atoms with E-state index in [1.807, 2.05) is 0 Å². The Morgan fingerprint density at radius 1 is 1.37 bits per heavy atom. The van der Waals surface area contributed by atoms with Crippen molar-refractivity contribution in [3.8, 4) is 0 Å². The number of ether oxygens (including phenoxy) is 1. The third kappa shape index (κ3) is 5.09. The number of methoxy groups -OCH3 is 1. The Kier molecular flexibility index (Phi) is 5.60. The number of hydrogen-bond acceptors (Lipinski definition) is 5. The largest absolute Gasteiger partial charge is 0.469 e. The predicted molar refractivity (Wildman–Crippen MR) is 72.8 cm³/mol. The van der Waals surface area contributed by atoms with Crippen LogP contribution in [-0.2, 0) is 9.53 Å². The number of piperidine rings is 1. The van der Waals surface area contributed by atoms with Crippen molar-refractivity contribution in [2.45, 2.75) is 31.7 Å². The first kappa shape index (κ1) is 14.8. The molecule has 0 aromatic heterocycles. The van der Waals surface area contributed by atoms with Crippen LogP contribution in [0.4, 0.5) is 0 Å². The minimum absolute atomic E-state index is 0.112. The molecule has 2 atom stereocenters. The van der Waals surface area contributed by atoms with Crippen LogP contribution in [0.15, 0.2) is 0 Å². The smallest absolute Gasteiger partial charge is 0.305 e. The lowest BCUT2D eigenvalue weighted by Crippen LogP contribution is -2.50. The average molecular weight is 270 g/mol. The summed E-state index contributed by atoms with van der Waals surface area (Å²) in [5.41, 5.74) is 0. The molecule has 0 aromatic rings. The van der Waals surface area contributed by atoms with Gasteiger partial charge in [-0.15, -0.1) is 0 Å². The van der Waals surface area contributed by atoms with E-state index in [0.717, 1.165) is 32.0 Å². The molecule has 1 aliphatic carbocycles. The predicted octanol–water partition coefficient (Wildman–Crippen LogP) is 0.232. The van der Waals surface area contributed by atoms with Gasteiger partial charge in [-0.2, -0.15) is 0 Å². The number of carbonyl (C=O) groups excluding carboxylic acids is 1. The van der Waals surface area contributed by atoms with E-state index in [9.17, 15) is 4.79 Å². The molecule has 2 rings (SSSR count). The van der Waals surface area contributed by atoms with E-state index in [-0.39, 0.29) is 12.6 Å². The first-order chi connectivity index (χ1) is 9.21. The van der Waals surface area contributed by atoms with Crippen molar-refractivity contribution >= 4 is 5.97 Å². The molecule has 2 fully saturated rings. The molecule has 5 nitrogen and oxygen atoms in total. The van der Waals surface area contributed by atoms with Crippen molar-refractivity contribution in [3.63, 3.8) is 0 Å². The summed E-state index contributed by atoms with van der Waals surface area (Å²) in [7, 11) is 1.45. The molecule has 2 unspecified atom stereocenters. The molecule has 0 amide bonds. The van der Waals surface area contributed by atoms with Crippen molar-refractivity contribution in [2.24, 2.45) is 11.8 Å². The number of hydrogen-bond donors (Lipinski definition) is 2. The number of carbonyl (C=O) groups is 1. The Balaban J connectivity index is 1.84. The Hall–Kier alpha value is -0.650. The highest BCUT2D eigenvalue weighted by Gasteiger charge is 2.32. The van der Waals surface area contributed by atoms with E-state index in [0.29, 0.717) is 24.9 Å². The quantitative estimate of drug-likeness (QED) is 0.649. The summed E-state index contributed by atoms with van der Waals surface area (Å²) in [5, 5.41) is 12.3. The van der Waals surface area contributed by atoms with Crippen LogP contribution in [0.5, 0.6) is 0 Å². The van der Waals surface area contributed by atoms with E-state index in [1.54, 1.807) is 0 Å². The second-order valence-corrected chi connectivity index (χ2v) is 5.92. The molecule has 1 aliphatic heterocycles. The van der Waals surface area contributed by atoms with Crippen LogP contribution in [0.25, 0.3) is 0 Å². The van der Waals surface area contributed by atoms with Crippen LogP contribution < -0.4 is 5.32 Å². The number of nitrogens with zero attached hydrogens (tertiary/aromatic N) is 1. The molecular weight excluding hydrogens is 244 g/mol. The lowest BCUT2D eigenvalue weighted by molar-refractivity contribution is -0.142. The van der Waals surface area contributed by atoms with Gasteiger partial charge in [0.15, 0.2) is 0 Å². The Morgan fingerprint density at radius 3 is 2.79 bits per heavy atom. The number of aliphatic hydroxyl groups is 1. The molecule has 0 spiro atoms. The van der Waals surface area contributed by atoms with Gasteiger partial charge in [0.2, 0.25) is 0 Å². The third-order valence-electron chi connectivity index (χ3n) is 4.05. The summed E-state index contributed by atoms with van der Waals surface area (Å²) >= 11 is 0. The lowest BCUT2D eigenvalue weighted by atomic mass is 9.91. The van der Waals surface area contributed by atoms with E-state index in [4.69, 9.17) is 9.84 Å². The highest BCUT2D eigenvalue weighted by atomic mass is 16.5. The topological polar surface area (TPSA) is 61.8 Å². The van der Waals surface area contributed by atoms with Gasteiger partial charge in [0.05, 0.1) is 13.7 Å². The highest BCUT2D eigenvalue weighted by molar-refractivity contribution is 5.69. The van der Waals surface area contributed by atoms with E-state index >= 15 is 0 Å². The number of aliphatic hydroxyl groups excluding tert-OH is 1. The minimum atomic E-state index is -0.112. The van der Waals surface area contributed by atoms with Gasteiger partial charge >= 0.3 is 5.97 Å². The first-order valence-corrected chi connectivity index (χ1v) is 7.34. The zero-order chi connectivity index (χ0) is 13.7. The van der Waals surface area contributed by atoms with Crippen LogP contribution in [0, 0.1) is 11.8 Å². The first-order valence-electron chi connectivity index (χ1n) is 7.34. The number of nitrogens with one attached hydrogen (secondary N) is 1. The maximum Gasteiger partial charge on any atom is 0.305 e. The Morgan fingerprint density at radius 2 is 2.16 bits per heavy atom. The zero-order valence-corrected chi connectivity index (χ0v) is 11.8. The van der Waals surface area contributed by atoms with Crippen LogP contribution >= 0.6 is 0 Å². The molecule has 1 saturated carbocycles. The van der Waals surface area contributed by atoms with Gasteiger partial charge in [0.1, 0.15) is 0 Å². The Labute approximate surface area is 115 Å². The molecule has 1 heterocycles. The van der Waals surface area contributed by atoms with Crippen LogP contribution in [0.2, 0.25) is 0 Å². The molecule has 2 N–H and O–H groups in total. The van der Waals surface area contributed by atoms with Crippen LogP contribution in [-0.4, -0.2) is 61.9 Å². The summed E-state index contributed by atoms with van der Waals surface area (Å²) in [6.45, 7) is 4.00. The Bertz CT molecular complexity index is 294. The SMILES string of the molecule is COC(=O)CC1CC(NCCO)CN(CC2CC2)C1. The fourth-order valence-electron chi connectivity index (χ4n) is 3.00. The lowest BCUT2D eigenvalue weighted by Gasteiger charge is -2.38. The fraction of sp³-hybridized carbons (Fsp3) is 0.929. The van der Waals surface area contributed by atoms with E-state index in [1.165, 1.54) is 20.0 Å². The maximum atomic E-state index is 11.4.